The van der Waals surface area contributed by atoms with Gasteiger partial charge in [-0.15, -0.1) is 0 Å². The number of hydrogen-bond donors (Lipinski definition) is 0. The minimum absolute atomic E-state index is 0.0812. The summed E-state index contributed by atoms with van der Waals surface area (Å²) in [6.07, 6.45) is 0.295. The van der Waals surface area contributed by atoms with Gasteiger partial charge in [0.15, 0.2) is 0 Å². The Morgan fingerprint density at radius 3 is 2.25 bits per heavy atom. The van der Waals surface area contributed by atoms with Crippen LogP contribution in [0.2, 0.25) is 5.02 Å². The molecule has 148 valence electrons. The third-order valence-corrected chi connectivity index (χ3v) is 5.37. The van der Waals surface area contributed by atoms with Gasteiger partial charge in [-0.05, 0) is 17.7 Å². The number of halogens is 1. The van der Waals surface area contributed by atoms with Crippen LogP contribution >= 0.6 is 11.6 Å². The summed E-state index contributed by atoms with van der Waals surface area (Å²) in [5.41, 5.74) is 1.94. The Labute approximate surface area is 171 Å². The van der Waals surface area contributed by atoms with Crippen LogP contribution in [0.25, 0.3) is 0 Å². The van der Waals surface area contributed by atoms with Crippen molar-refractivity contribution in [2.24, 2.45) is 0 Å². The average Bonchev–Trinajstić information content (AvgIpc) is 2.70. The number of hydrogen-bond acceptors (Lipinski definition) is 3. The maximum absolute atomic E-state index is 12.6. The molecule has 0 aliphatic carbocycles. The van der Waals surface area contributed by atoms with Crippen molar-refractivity contribution in [2.75, 3.05) is 37.6 Å². The lowest BCUT2D eigenvalue weighted by molar-refractivity contribution is -0.132. The Kier molecular flexibility index (Phi) is 7.06. The zero-order valence-electron chi connectivity index (χ0n) is 16.2. The van der Waals surface area contributed by atoms with Gasteiger partial charge in [0.2, 0.25) is 11.8 Å². The Morgan fingerprint density at radius 2 is 1.61 bits per heavy atom. The molecule has 2 aromatic rings. The molecule has 1 aliphatic heterocycles. The molecule has 0 spiro atoms. The highest BCUT2D eigenvalue weighted by atomic mass is 35.5. The van der Waals surface area contributed by atoms with Crippen molar-refractivity contribution < 1.29 is 9.59 Å². The Hall–Kier alpha value is -2.37. The summed E-state index contributed by atoms with van der Waals surface area (Å²) in [4.78, 5) is 30.5. The molecule has 0 radical (unpaired) electrons. The standard InChI is InChI=1S/C22H26ClN3O2/c1-18(27)26(21-10-6-5-9-20(21)23)12-11-22(28)25-15-13-24(14-16-25)17-19-7-3-2-4-8-19/h2-10H,11-17H2,1H3. The number of piperazine rings is 1. The quantitative estimate of drug-likeness (QED) is 0.747. The summed E-state index contributed by atoms with van der Waals surface area (Å²) in [5.74, 6) is -0.0359. The summed E-state index contributed by atoms with van der Waals surface area (Å²) < 4.78 is 0. The van der Waals surface area contributed by atoms with Gasteiger partial charge in [-0.25, -0.2) is 0 Å². The van der Waals surface area contributed by atoms with Crippen molar-refractivity contribution >= 4 is 29.1 Å². The average molecular weight is 400 g/mol. The second-order valence-electron chi connectivity index (χ2n) is 7.01. The molecule has 0 aromatic heterocycles. The lowest BCUT2D eigenvalue weighted by Crippen LogP contribution is -2.49. The third-order valence-electron chi connectivity index (χ3n) is 5.05. The highest BCUT2D eigenvalue weighted by molar-refractivity contribution is 6.33. The van der Waals surface area contributed by atoms with Gasteiger partial charge in [-0.2, -0.15) is 0 Å². The van der Waals surface area contributed by atoms with E-state index in [1.807, 2.05) is 23.1 Å². The van der Waals surface area contributed by atoms with Crippen molar-refractivity contribution in [3.05, 3.63) is 65.2 Å². The first-order chi connectivity index (χ1) is 13.5. The number of amides is 2. The molecule has 5 nitrogen and oxygen atoms in total. The van der Waals surface area contributed by atoms with Crippen LogP contribution in [0.3, 0.4) is 0 Å². The SMILES string of the molecule is CC(=O)N(CCC(=O)N1CCN(Cc2ccccc2)CC1)c1ccccc1Cl. The van der Waals surface area contributed by atoms with E-state index >= 15 is 0 Å². The molecular formula is C22H26ClN3O2. The largest absolute Gasteiger partial charge is 0.340 e. The molecule has 0 saturated carbocycles. The Balaban J connectivity index is 1.50. The zero-order chi connectivity index (χ0) is 19.9. The van der Waals surface area contributed by atoms with Crippen LogP contribution in [0, 0.1) is 0 Å². The van der Waals surface area contributed by atoms with Crippen molar-refractivity contribution in [1.82, 2.24) is 9.80 Å². The molecule has 2 amide bonds. The van der Waals surface area contributed by atoms with Gasteiger partial charge in [0, 0.05) is 52.6 Å². The van der Waals surface area contributed by atoms with Crippen molar-refractivity contribution in [3.8, 4) is 0 Å². The van der Waals surface area contributed by atoms with E-state index in [0.29, 0.717) is 23.7 Å². The van der Waals surface area contributed by atoms with Crippen LogP contribution in [-0.4, -0.2) is 54.3 Å². The van der Waals surface area contributed by atoms with E-state index in [1.54, 1.807) is 17.0 Å². The van der Waals surface area contributed by atoms with Crippen LogP contribution in [-0.2, 0) is 16.1 Å². The molecule has 1 fully saturated rings. The van der Waals surface area contributed by atoms with Gasteiger partial charge < -0.3 is 9.80 Å². The molecule has 0 unspecified atom stereocenters. The fraction of sp³-hybridized carbons (Fsp3) is 0.364. The van der Waals surface area contributed by atoms with Crippen LogP contribution in [0.1, 0.15) is 18.9 Å². The minimum Gasteiger partial charge on any atom is -0.340 e. The number of carbonyl (C=O) groups excluding carboxylic acids is 2. The first-order valence-electron chi connectivity index (χ1n) is 9.61. The van der Waals surface area contributed by atoms with Gasteiger partial charge in [-0.3, -0.25) is 14.5 Å². The first kappa shape index (κ1) is 20.4. The molecule has 2 aromatic carbocycles. The molecule has 0 N–H and O–H groups in total. The highest BCUT2D eigenvalue weighted by Crippen LogP contribution is 2.25. The smallest absolute Gasteiger partial charge is 0.224 e. The number of carbonyl (C=O) groups is 2. The predicted molar refractivity (Wildman–Crippen MR) is 112 cm³/mol. The van der Waals surface area contributed by atoms with Crippen molar-refractivity contribution in [1.29, 1.82) is 0 Å². The van der Waals surface area contributed by atoms with Crippen LogP contribution < -0.4 is 4.90 Å². The topological polar surface area (TPSA) is 43.9 Å². The monoisotopic (exact) mass is 399 g/mol. The van der Waals surface area contributed by atoms with Crippen molar-refractivity contribution in [2.45, 2.75) is 19.9 Å². The number of rotatable bonds is 6. The normalized spacial score (nSPS) is 14.7. The van der Waals surface area contributed by atoms with Gasteiger partial charge in [0.1, 0.15) is 0 Å². The summed E-state index contributed by atoms with van der Waals surface area (Å²) in [5, 5.41) is 0.514. The van der Waals surface area contributed by atoms with Gasteiger partial charge in [0.25, 0.3) is 0 Å². The van der Waals surface area contributed by atoms with E-state index in [9.17, 15) is 9.59 Å². The molecule has 1 heterocycles. The van der Waals surface area contributed by atoms with E-state index in [1.165, 1.54) is 12.5 Å². The molecule has 6 heteroatoms. The predicted octanol–water partition coefficient (Wildman–Crippen LogP) is 3.43. The van der Waals surface area contributed by atoms with Gasteiger partial charge in [0.05, 0.1) is 10.7 Å². The fourth-order valence-electron chi connectivity index (χ4n) is 3.48. The van der Waals surface area contributed by atoms with E-state index in [2.05, 4.69) is 29.2 Å². The number of nitrogens with zero attached hydrogens (tertiary/aromatic N) is 3. The summed E-state index contributed by atoms with van der Waals surface area (Å²) in [7, 11) is 0. The third kappa shape index (κ3) is 5.33. The van der Waals surface area contributed by atoms with E-state index in [0.717, 1.165) is 32.7 Å². The van der Waals surface area contributed by atoms with Crippen LogP contribution in [0.15, 0.2) is 54.6 Å². The number of benzene rings is 2. The summed E-state index contributed by atoms with van der Waals surface area (Å²) in [6.45, 7) is 5.91. The fourth-order valence-corrected chi connectivity index (χ4v) is 3.72. The molecular weight excluding hydrogens is 374 g/mol. The molecule has 1 saturated heterocycles. The molecule has 1 aliphatic rings. The van der Waals surface area contributed by atoms with E-state index in [-0.39, 0.29) is 11.8 Å². The van der Waals surface area contributed by atoms with Crippen LogP contribution in [0.4, 0.5) is 5.69 Å². The second-order valence-corrected chi connectivity index (χ2v) is 7.42. The summed E-state index contributed by atoms with van der Waals surface area (Å²) >= 11 is 6.21. The second kappa shape index (κ2) is 9.71. The van der Waals surface area contributed by atoms with Gasteiger partial charge >= 0.3 is 0 Å². The Morgan fingerprint density at radius 1 is 0.964 bits per heavy atom. The molecule has 0 atom stereocenters. The molecule has 3 rings (SSSR count). The Bertz CT molecular complexity index is 804. The maximum Gasteiger partial charge on any atom is 0.224 e. The highest BCUT2D eigenvalue weighted by Gasteiger charge is 2.22. The maximum atomic E-state index is 12.6. The van der Waals surface area contributed by atoms with Crippen molar-refractivity contribution in [3.63, 3.8) is 0 Å². The number of para-hydroxylation sites is 1. The molecule has 28 heavy (non-hydrogen) atoms. The summed E-state index contributed by atoms with van der Waals surface area (Å²) in [6, 6.07) is 17.6. The zero-order valence-corrected chi connectivity index (χ0v) is 16.9. The number of anilines is 1. The first-order valence-corrected chi connectivity index (χ1v) is 9.99. The van der Waals surface area contributed by atoms with E-state index < -0.39 is 0 Å². The molecule has 0 bridgehead atoms. The van der Waals surface area contributed by atoms with Crippen LogP contribution in [0.5, 0.6) is 0 Å². The minimum atomic E-state index is -0.117. The lowest BCUT2D eigenvalue weighted by atomic mass is 10.2. The van der Waals surface area contributed by atoms with Gasteiger partial charge in [-0.1, -0.05) is 54.1 Å². The lowest BCUT2D eigenvalue weighted by Gasteiger charge is -2.35. The van der Waals surface area contributed by atoms with E-state index in [4.69, 9.17) is 11.6 Å².